The smallest absolute Gasteiger partial charge is 0.377 e. The van der Waals surface area contributed by atoms with Crippen LogP contribution < -0.4 is 0 Å². The summed E-state index contributed by atoms with van der Waals surface area (Å²) in [5, 5.41) is 3.77. The standard InChI is InChI=1S/C11H10N2O3/c1-2-15-11(14)10-6-9(13-16-10)8-4-3-5-12-7-8/h3-7H,2H2,1H3. The zero-order chi connectivity index (χ0) is 11.4. The van der Waals surface area contributed by atoms with E-state index in [0.29, 0.717) is 12.3 Å². The van der Waals surface area contributed by atoms with E-state index in [0.717, 1.165) is 5.56 Å². The van der Waals surface area contributed by atoms with E-state index < -0.39 is 5.97 Å². The molecule has 0 aromatic carbocycles. The molecule has 0 spiro atoms. The Morgan fingerprint density at radius 3 is 3.12 bits per heavy atom. The highest BCUT2D eigenvalue weighted by Gasteiger charge is 2.14. The van der Waals surface area contributed by atoms with Crippen molar-refractivity contribution in [3.05, 3.63) is 36.4 Å². The monoisotopic (exact) mass is 218 g/mol. The second-order valence-electron chi connectivity index (χ2n) is 3.04. The molecule has 0 aliphatic heterocycles. The third-order valence-corrected chi connectivity index (χ3v) is 1.94. The Labute approximate surface area is 92.0 Å². The van der Waals surface area contributed by atoms with Gasteiger partial charge in [-0.2, -0.15) is 0 Å². The van der Waals surface area contributed by atoms with Gasteiger partial charge in [0, 0.05) is 24.0 Å². The van der Waals surface area contributed by atoms with Gasteiger partial charge in [0.25, 0.3) is 0 Å². The molecule has 0 radical (unpaired) electrons. The van der Waals surface area contributed by atoms with Gasteiger partial charge >= 0.3 is 5.97 Å². The molecule has 0 amide bonds. The fourth-order valence-corrected chi connectivity index (χ4v) is 1.22. The van der Waals surface area contributed by atoms with Crippen LogP contribution in [-0.4, -0.2) is 22.7 Å². The number of aromatic nitrogens is 2. The molecule has 0 saturated carbocycles. The molecule has 2 rings (SSSR count). The molecule has 0 fully saturated rings. The van der Waals surface area contributed by atoms with E-state index in [-0.39, 0.29) is 5.76 Å². The lowest BCUT2D eigenvalue weighted by Gasteiger charge is -1.94. The highest BCUT2D eigenvalue weighted by molar-refractivity contribution is 5.87. The van der Waals surface area contributed by atoms with E-state index >= 15 is 0 Å². The fraction of sp³-hybridized carbons (Fsp3) is 0.182. The van der Waals surface area contributed by atoms with Crippen molar-refractivity contribution >= 4 is 5.97 Å². The molecule has 0 saturated heterocycles. The number of ether oxygens (including phenoxy) is 1. The Kier molecular flexibility index (Phi) is 2.95. The first kappa shape index (κ1) is 10.4. The van der Waals surface area contributed by atoms with Crippen molar-refractivity contribution in [2.24, 2.45) is 0 Å². The number of nitrogens with zero attached hydrogens (tertiary/aromatic N) is 2. The molecule has 16 heavy (non-hydrogen) atoms. The quantitative estimate of drug-likeness (QED) is 0.736. The average molecular weight is 218 g/mol. The van der Waals surface area contributed by atoms with E-state index in [4.69, 9.17) is 9.26 Å². The van der Waals surface area contributed by atoms with Crippen molar-refractivity contribution in [2.45, 2.75) is 6.92 Å². The van der Waals surface area contributed by atoms with Crippen molar-refractivity contribution in [1.82, 2.24) is 10.1 Å². The normalized spacial score (nSPS) is 10.1. The van der Waals surface area contributed by atoms with Crippen LogP contribution in [0.4, 0.5) is 0 Å². The third-order valence-electron chi connectivity index (χ3n) is 1.94. The van der Waals surface area contributed by atoms with E-state index in [1.165, 1.54) is 6.07 Å². The van der Waals surface area contributed by atoms with E-state index in [9.17, 15) is 4.79 Å². The summed E-state index contributed by atoms with van der Waals surface area (Å²) < 4.78 is 9.67. The Morgan fingerprint density at radius 1 is 1.56 bits per heavy atom. The van der Waals surface area contributed by atoms with Crippen LogP contribution in [0.1, 0.15) is 17.5 Å². The molecule has 5 nitrogen and oxygen atoms in total. The Hall–Kier alpha value is -2.17. The molecule has 2 heterocycles. The summed E-state index contributed by atoms with van der Waals surface area (Å²) in [6, 6.07) is 5.16. The number of rotatable bonds is 3. The maximum Gasteiger partial charge on any atom is 0.377 e. The van der Waals surface area contributed by atoms with Crippen LogP contribution in [0.15, 0.2) is 35.1 Å². The minimum Gasteiger partial charge on any atom is -0.460 e. The van der Waals surface area contributed by atoms with E-state index in [2.05, 4.69) is 10.1 Å². The molecule has 5 heteroatoms. The minimum atomic E-state index is -0.509. The summed E-state index contributed by atoms with van der Waals surface area (Å²) in [7, 11) is 0. The number of carbonyl (C=O) groups is 1. The van der Waals surface area contributed by atoms with Crippen molar-refractivity contribution in [3.63, 3.8) is 0 Å². The lowest BCUT2D eigenvalue weighted by Crippen LogP contribution is -2.02. The topological polar surface area (TPSA) is 65.2 Å². The molecule has 2 aromatic heterocycles. The molecule has 82 valence electrons. The second kappa shape index (κ2) is 4.57. The third kappa shape index (κ3) is 2.08. The first-order valence-electron chi connectivity index (χ1n) is 4.85. The second-order valence-corrected chi connectivity index (χ2v) is 3.04. The molecule has 0 atom stereocenters. The number of pyridine rings is 1. The van der Waals surface area contributed by atoms with Crippen LogP contribution in [0.2, 0.25) is 0 Å². The molecule has 0 N–H and O–H groups in total. The van der Waals surface area contributed by atoms with Gasteiger partial charge in [-0.25, -0.2) is 4.79 Å². The van der Waals surface area contributed by atoms with Gasteiger partial charge in [-0.1, -0.05) is 5.16 Å². The average Bonchev–Trinajstić information content (AvgIpc) is 2.80. The van der Waals surface area contributed by atoms with Gasteiger partial charge in [0.15, 0.2) is 0 Å². The Balaban J connectivity index is 2.23. The summed E-state index contributed by atoms with van der Waals surface area (Å²) in [5.74, 6) is -0.411. The van der Waals surface area contributed by atoms with Gasteiger partial charge in [-0.05, 0) is 19.1 Å². The number of carbonyl (C=O) groups excluding carboxylic acids is 1. The number of hydrogen-bond acceptors (Lipinski definition) is 5. The SMILES string of the molecule is CCOC(=O)c1cc(-c2cccnc2)no1. The summed E-state index contributed by atoms with van der Waals surface area (Å²) >= 11 is 0. The van der Waals surface area contributed by atoms with Gasteiger partial charge in [0.05, 0.1) is 6.61 Å². The van der Waals surface area contributed by atoms with Crippen LogP contribution in [0.3, 0.4) is 0 Å². The lowest BCUT2D eigenvalue weighted by atomic mass is 10.2. The Morgan fingerprint density at radius 2 is 2.44 bits per heavy atom. The fourth-order valence-electron chi connectivity index (χ4n) is 1.22. The minimum absolute atomic E-state index is 0.0979. The van der Waals surface area contributed by atoms with E-state index in [1.54, 1.807) is 25.4 Å². The van der Waals surface area contributed by atoms with Crippen LogP contribution in [-0.2, 0) is 4.74 Å². The number of esters is 1. The maximum atomic E-state index is 11.3. The van der Waals surface area contributed by atoms with Crippen LogP contribution in [0.5, 0.6) is 0 Å². The maximum absolute atomic E-state index is 11.3. The predicted molar refractivity (Wildman–Crippen MR) is 55.7 cm³/mol. The van der Waals surface area contributed by atoms with Gasteiger partial charge in [0.1, 0.15) is 5.69 Å². The van der Waals surface area contributed by atoms with Crippen molar-refractivity contribution in [2.75, 3.05) is 6.61 Å². The molecule has 0 bridgehead atoms. The van der Waals surface area contributed by atoms with Gasteiger partial charge in [-0.15, -0.1) is 0 Å². The molecule has 2 aromatic rings. The highest BCUT2D eigenvalue weighted by atomic mass is 16.6. The zero-order valence-corrected chi connectivity index (χ0v) is 8.71. The first-order valence-corrected chi connectivity index (χ1v) is 4.85. The zero-order valence-electron chi connectivity index (χ0n) is 8.71. The largest absolute Gasteiger partial charge is 0.460 e. The highest BCUT2D eigenvalue weighted by Crippen LogP contribution is 2.17. The molecule has 0 aliphatic rings. The molecular weight excluding hydrogens is 208 g/mol. The van der Waals surface area contributed by atoms with Crippen molar-refractivity contribution in [3.8, 4) is 11.3 Å². The number of hydrogen-bond donors (Lipinski definition) is 0. The molecule has 0 aliphatic carbocycles. The van der Waals surface area contributed by atoms with Gasteiger partial charge in [0.2, 0.25) is 5.76 Å². The van der Waals surface area contributed by atoms with Crippen LogP contribution in [0.25, 0.3) is 11.3 Å². The van der Waals surface area contributed by atoms with Crippen molar-refractivity contribution < 1.29 is 14.1 Å². The van der Waals surface area contributed by atoms with Crippen molar-refractivity contribution in [1.29, 1.82) is 0 Å². The summed E-state index contributed by atoms with van der Waals surface area (Å²) in [5.41, 5.74) is 1.36. The van der Waals surface area contributed by atoms with Crippen LogP contribution in [0, 0.1) is 0 Å². The molecular formula is C11H10N2O3. The lowest BCUT2D eigenvalue weighted by molar-refractivity contribution is 0.0480. The van der Waals surface area contributed by atoms with Crippen LogP contribution >= 0.6 is 0 Å². The summed E-state index contributed by atoms with van der Waals surface area (Å²) in [4.78, 5) is 15.3. The summed E-state index contributed by atoms with van der Waals surface area (Å²) in [6.07, 6.45) is 3.31. The first-order chi connectivity index (χ1) is 7.81. The summed E-state index contributed by atoms with van der Waals surface area (Å²) in [6.45, 7) is 2.04. The van der Waals surface area contributed by atoms with Gasteiger partial charge in [-0.3, -0.25) is 4.98 Å². The molecule has 0 unspecified atom stereocenters. The Bertz CT molecular complexity index is 479. The van der Waals surface area contributed by atoms with E-state index in [1.807, 2.05) is 6.07 Å². The van der Waals surface area contributed by atoms with Gasteiger partial charge < -0.3 is 9.26 Å². The predicted octanol–water partition coefficient (Wildman–Crippen LogP) is 1.91.